The molecule has 5 heteroatoms. The van der Waals surface area contributed by atoms with Crippen LogP contribution in [0.5, 0.6) is 11.5 Å². The van der Waals surface area contributed by atoms with Crippen molar-refractivity contribution in [2.75, 3.05) is 7.11 Å². The molecule has 0 N–H and O–H groups in total. The first-order valence-corrected chi connectivity index (χ1v) is 13.9. The third-order valence-electron chi connectivity index (χ3n) is 5.71. The Labute approximate surface area is 179 Å². The third kappa shape index (κ3) is 9.24. The maximum absolute atomic E-state index is 12.0. The highest BCUT2D eigenvalue weighted by molar-refractivity contribution is 6.74. The van der Waals surface area contributed by atoms with Gasteiger partial charge in [-0.25, -0.2) is 0 Å². The summed E-state index contributed by atoms with van der Waals surface area (Å²) in [7, 11) is -0.302. The quantitative estimate of drug-likeness (QED) is 0.204. The maximum atomic E-state index is 12.0. The summed E-state index contributed by atoms with van der Waals surface area (Å²) >= 11 is 0. The van der Waals surface area contributed by atoms with Crippen molar-refractivity contribution < 1.29 is 18.7 Å². The molecule has 0 bridgehead atoms. The zero-order valence-electron chi connectivity index (χ0n) is 19.9. The Kier molecular flexibility index (Phi) is 10.2. The normalized spacial score (nSPS) is 12.2. The minimum atomic E-state index is -1.94. The highest BCUT2D eigenvalue weighted by atomic mass is 28.4. The van der Waals surface area contributed by atoms with Crippen LogP contribution in [0.15, 0.2) is 18.2 Å². The van der Waals surface area contributed by atoms with Gasteiger partial charge in [0.1, 0.15) is 12.4 Å². The van der Waals surface area contributed by atoms with Gasteiger partial charge in [-0.3, -0.25) is 4.79 Å². The van der Waals surface area contributed by atoms with Gasteiger partial charge in [0.05, 0.1) is 7.11 Å². The predicted molar refractivity (Wildman–Crippen MR) is 123 cm³/mol. The molecule has 29 heavy (non-hydrogen) atoms. The largest absolute Gasteiger partial charge is 0.541 e. The van der Waals surface area contributed by atoms with E-state index in [0.29, 0.717) is 12.2 Å². The summed E-state index contributed by atoms with van der Waals surface area (Å²) in [5.41, 5.74) is 0.912. The third-order valence-corrected chi connectivity index (χ3v) is 10.1. The van der Waals surface area contributed by atoms with Gasteiger partial charge in [0.2, 0.25) is 0 Å². The lowest BCUT2D eigenvalue weighted by Crippen LogP contribution is -2.43. The van der Waals surface area contributed by atoms with Gasteiger partial charge in [0, 0.05) is 6.42 Å². The van der Waals surface area contributed by atoms with Gasteiger partial charge in [-0.05, 0) is 48.2 Å². The van der Waals surface area contributed by atoms with Gasteiger partial charge in [0.15, 0.2) is 5.75 Å². The predicted octanol–water partition coefficient (Wildman–Crippen LogP) is 7.12. The van der Waals surface area contributed by atoms with E-state index in [0.717, 1.165) is 30.1 Å². The van der Waals surface area contributed by atoms with E-state index in [1.165, 1.54) is 19.3 Å². The highest BCUT2D eigenvalue weighted by Gasteiger charge is 2.39. The minimum Gasteiger partial charge on any atom is -0.541 e. The second-order valence-electron chi connectivity index (χ2n) is 9.86. The molecule has 0 saturated heterocycles. The molecule has 0 spiro atoms. The first kappa shape index (κ1) is 25.5. The average molecular weight is 423 g/mol. The lowest BCUT2D eigenvalue weighted by atomic mass is 10.0. The van der Waals surface area contributed by atoms with E-state index in [2.05, 4.69) is 47.7 Å². The highest BCUT2D eigenvalue weighted by Crippen LogP contribution is 2.40. The van der Waals surface area contributed by atoms with Crippen LogP contribution in [0.1, 0.15) is 78.7 Å². The van der Waals surface area contributed by atoms with E-state index in [4.69, 9.17) is 13.9 Å². The molecule has 0 aliphatic carbocycles. The lowest BCUT2D eigenvalue weighted by Gasteiger charge is -2.36. The Morgan fingerprint density at radius 1 is 1.03 bits per heavy atom. The Bertz CT molecular complexity index is 632. The summed E-state index contributed by atoms with van der Waals surface area (Å²) in [6, 6.07) is 5.78. The van der Waals surface area contributed by atoms with Crippen LogP contribution in [0.3, 0.4) is 0 Å². The van der Waals surface area contributed by atoms with Crippen LogP contribution in [-0.4, -0.2) is 21.4 Å². The molecule has 0 saturated carbocycles. The van der Waals surface area contributed by atoms with Crippen LogP contribution >= 0.6 is 0 Å². The van der Waals surface area contributed by atoms with Crippen molar-refractivity contribution in [3.63, 3.8) is 0 Å². The fourth-order valence-electron chi connectivity index (χ4n) is 2.73. The van der Waals surface area contributed by atoms with E-state index >= 15 is 0 Å². The van der Waals surface area contributed by atoms with Crippen LogP contribution in [0.2, 0.25) is 18.1 Å². The average Bonchev–Trinajstić information content (AvgIpc) is 2.62. The smallest absolute Gasteiger partial charge is 0.306 e. The standard InChI is InChI=1S/C24H42O4Si/c1-19(2)13-11-9-10-12-14-23(25)27-18-20-15-16-21(22(17-20)26-6)28-29(7,8)24(3,4)5/h15-17,19H,9-14,18H2,1-8H3. The zero-order valence-corrected chi connectivity index (χ0v) is 20.9. The Morgan fingerprint density at radius 3 is 2.28 bits per heavy atom. The van der Waals surface area contributed by atoms with Crippen LogP contribution in [0.4, 0.5) is 0 Å². The molecule has 0 unspecified atom stereocenters. The molecule has 1 aromatic carbocycles. The molecule has 0 aromatic heterocycles. The van der Waals surface area contributed by atoms with E-state index in [1.54, 1.807) is 7.11 Å². The first-order valence-electron chi connectivity index (χ1n) is 11.0. The summed E-state index contributed by atoms with van der Waals surface area (Å²) in [4.78, 5) is 12.0. The molecule has 0 fully saturated rings. The van der Waals surface area contributed by atoms with Crippen LogP contribution < -0.4 is 9.16 Å². The number of ether oxygens (including phenoxy) is 2. The summed E-state index contributed by atoms with van der Waals surface area (Å²) in [5.74, 6) is 2.08. The number of carbonyl (C=O) groups excluding carboxylic acids is 1. The molecule has 0 aliphatic heterocycles. The maximum Gasteiger partial charge on any atom is 0.306 e. The number of methoxy groups -OCH3 is 1. The van der Waals surface area contributed by atoms with Gasteiger partial charge in [-0.2, -0.15) is 0 Å². The number of unbranched alkanes of at least 4 members (excludes halogenated alkanes) is 3. The van der Waals surface area contributed by atoms with Gasteiger partial charge >= 0.3 is 5.97 Å². The second-order valence-corrected chi connectivity index (χ2v) is 14.6. The summed E-state index contributed by atoms with van der Waals surface area (Å²) in [6.45, 7) is 15.8. The van der Waals surface area contributed by atoms with Crippen molar-refractivity contribution in [2.45, 2.75) is 97.9 Å². The molecule has 4 nitrogen and oxygen atoms in total. The Morgan fingerprint density at radius 2 is 1.69 bits per heavy atom. The van der Waals surface area contributed by atoms with Crippen molar-refractivity contribution >= 4 is 14.3 Å². The van der Waals surface area contributed by atoms with Gasteiger partial charge in [0.25, 0.3) is 8.32 Å². The van der Waals surface area contributed by atoms with E-state index in [-0.39, 0.29) is 17.6 Å². The SMILES string of the molecule is COc1cc(COC(=O)CCCCCCC(C)C)ccc1O[Si](C)(C)C(C)(C)C. The zero-order chi connectivity index (χ0) is 22.1. The molecule has 0 amide bonds. The Balaban J connectivity index is 2.50. The molecule has 1 aromatic rings. The summed E-state index contributed by atoms with van der Waals surface area (Å²) in [6.07, 6.45) is 6.19. The number of rotatable bonds is 12. The fraction of sp³-hybridized carbons (Fsp3) is 0.708. The monoisotopic (exact) mass is 422 g/mol. The van der Waals surface area contributed by atoms with E-state index < -0.39 is 8.32 Å². The number of esters is 1. The number of hydrogen-bond donors (Lipinski definition) is 0. The second kappa shape index (κ2) is 11.6. The Hall–Kier alpha value is -1.49. The number of hydrogen-bond acceptors (Lipinski definition) is 4. The van der Waals surface area contributed by atoms with Crippen LogP contribution in [-0.2, 0) is 16.1 Å². The number of benzene rings is 1. The molecule has 0 radical (unpaired) electrons. The molecular formula is C24H42O4Si. The van der Waals surface area contributed by atoms with Crippen molar-refractivity contribution in [2.24, 2.45) is 5.92 Å². The van der Waals surface area contributed by atoms with E-state index in [9.17, 15) is 4.79 Å². The molecular weight excluding hydrogens is 380 g/mol. The topological polar surface area (TPSA) is 44.8 Å². The van der Waals surface area contributed by atoms with E-state index in [1.807, 2.05) is 18.2 Å². The van der Waals surface area contributed by atoms with Crippen molar-refractivity contribution in [3.05, 3.63) is 23.8 Å². The first-order chi connectivity index (χ1) is 13.5. The van der Waals surface area contributed by atoms with Crippen LogP contribution in [0, 0.1) is 5.92 Å². The number of carbonyl (C=O) groups is 1. The van der Waals surface area contributed by atoms with Crippen LogP contribution in [0.25, 0.3) is 0 Å². The molecule has 1 rings (SSSR count). The summed E-state index contributed by atoms with van der Waals surface area (Å²) < 4.78 is 17.3. The van der Waals surface area contributed by atoms with Gasteiger partial charge < -0.3 is 13.9 Å². The summed E-state index contributed by atoms with van der Waals surface area (Å²) in [5, 5.41) is 0.112. The molecule has 0 heterocycles. The van der Waals surface area contributed by atoms with Crippen molar-refractivity contribution in [1.29, 1.82) is 0 Å². The lowest BCUT2D eigenvalue weighted by molar-refractivity contribution is -0.145. The van der Waals surface area contributed by atoms with Crippen molar-refractivity contribution in [1.82, 2.24) is 0 Å². The van der Waals surface area contributed by atoms with Gasteiger partial charge in [-0.15, -0.1) is 0 Å². The van der Waals surface area contributed by atoms with Crippen molar-refractivity contribution in [3.8, 4) is 11.5 Å². The molecule has 0 atom stereocenters. The molecule has 0 aliphatic rings. The fourth-order valence-corrected chi connectivity index (χ4v) is 3.75. The minimum absolute atomic E-state index is 0.112. The van der Waals surface area contributed by atoms with Gasteiger partial charge in [-0.1, -0.05) is 66.4 Å². The molecule has 166 valence electrons.